The van der Waals surface area contributed by atoms with Crippen LogP contribution in [0.4, 0.5) is 0 Å². The van der Waals surface area contributed by atoms with Crippen LogP contribution in [0.25, 0.3) is 5.69 Å². The molecule has 0 radical (unpaired) electrons. The molecule has 0 fully saturated rings. The number of halogens is 1. The van der Waals surface area contributed by atoms with Crippen LogP contribution in [-0.4, -0.2) is 24.5 Å². The third kappa shape index (κ3) is 3.16. The second-order valence-corrected chi connectivity index (χ2v) is 6.75. The van der Waals surface area contributed by atoms with Gasteiger partial charge < -0.3 is 0 Å². The summed E-state index contributed by atoms with van der Waals surface area (Å²) in [6, 6.07) is 8.27. The molecular formula is C16H18BrN5S. The number of benzene rings is 1. The van der Waals surface area contributed by atoms with Crippen molar-refractivity contribution in [1.82, 2.24) is 24.5 Å². The molecule has 5 nitrogen and oxygen atoms in total. The summed E-state index contributed by atoms with van der Waals surface area (Å²) in [6.07, 6.45) is 0.745. The molecule has 0 saturated heterocycles. The van der Waals surface area contributed by atoms with Gasteiger partial charge in [0.1, 0.15) is 5.82 Å². The molecule has 0 amide bonds. The van der Waals surface area contributed by atoms with Gasteiger partial charge in [-0.1, -0.05) is 17.7 Å². The average Bonchev–Trinajstić information content (AvgIpc) is 3.01. The van der Waals surface area contributed by atoms with E-state index < -0.39 is 0 Å². The molecule has 2 aromatic heterocycles. The number of rotatable bonds is 4. The van der Waals surface area contributed by atoms with E-state index in [1.165, 1.54) is 5.56 Å². The SMILES string of the molecule is Cc1ccc(-n2c(CCn3nc(C)c(Br)c3C)n[nH]c2=S)cc1. The Balaban J connectivity index is 1.88. The van der Waals surface area contributed by atoms with Crippen molar-refractivity contribution in [2.24, 2.45) is 0 Å². The first kappa shape index (κ1) is 16.1. The van der Waals surface area contributed by atoms with Crippen molar-refractivity contribution in [2.45, 2.75) is 33.7 Å². The molecule has 3 rings (SSSR count). The summed E-state index contributed by atoms with van der Waals surface area (Å²) >= 11 is 8.95. The average molecular weight is 392 g/mol. The van der Waals surface area contributed by atoms with Gasteiger partial charge in [0.05, 0.1) is 10.2 Å². The molecule has 0 aliphatic rings. The number of nitrogens with one attached hydrogen (secondary N) is 1. The maximum Gasteiger partial charge on any atom is 0.199 e. The van der Waals surface area contributed by atoms with E-state index in [-0.39, 0.29) is 0 Å². The van der Waals surface area contributed by atoms with Crippen LogP contribution < -0.4 is 0 Å². The highest BCUT2D eigenvalue weighted by Gasteiger charge is 2.12. The van der Waals surface area contributed by atoms with Crippen molar-refractivity contribution in [3.63, 3.8) is 0 Å². The molecule has 3 aromatic rings. The van der Waals surface area contributed by atoms with Crippen molar-refractivity contribution >= 4 is 28.1 Å². The fourth-order valence-corrected chi connectivity index (χ4v) is 3.10. The lowest BCUT2D eigenvalue weighted by molar-refractivity contribution is 0.577. The van der Waals surface area contributed by atoms with Gasteiger partial charge in [-0.05, 0) is 61.1 Å². The van der Waals surface area contributed by atoms with E-state index in [9.17, 15) is 0 Å². The van der Waals surface area contributed by atoms with Crippen molar-refractivity contribution in [3.8, 4) is 5.69 Å². The van der Waals surface area contributed by atoms with E-state index >= 15 is 0 Å². The molecule has 1 N–H and O–H groups in total. The molecule has 0 saturated carbocycles. The second-order valence-electron chi connectivity index (χ2n) is 5.57. The Morgan fingerprint density at radius 2 is 1.87 bits per heavy atom. The summed E-state index contributed by atoms with van der Waals surface area (Å²) in [4.78, 5) is 0. The highest BCUT2D eigenvalue weighted by molar-refractivity contribution is 9.10. The smallest absolute Gasteiger partial charge is 0.199 e. The van der Waals surface area contributed by atoms with Gasteiger partial charge in [-0.3, -0.25) is 14.3 Å². The summed E-state index contributed by atoms with van der Waals surface area (Å²) in [5.41, 5.74) is 4.37. The highest BCUT2D eigenvalue weighted by Crippen LogP contribution is 2.20. The zero-order valence-corrected chi connectivity index (χ0v) is 15.7. The standard InChI is InChI=1S/C16H18BrN5S/c1-10-4-6-13(7-5-10)22-14(18-19-16(22)23)8-9-21-12(3)15(17)11(2)20-21/h4-7H,8-9H2,1-3H3,(H,19,23). The van der Waals surface area contributed by atoms with E-state index in [0.29, 0.717) is 4.77 Å². The quantitative estimate of drug-likeness (QED) is 0.682. The molecule has 0 aliphatic carbocycles. The molecule has 120 valence electrons. The monoisotopic (exact) mass is 391 g/mol. The molecule has 7 heteroatoms. The minimum Gasteiger partial charge on any atom is -0.272 e. The molecule has 0 bridgehead atoms. The fraction of sp³-hybridized carbons (Fsp3) is 0.312. The number of aromatic nitrogens is 5. The van der Waals surface area contributed by atoms with Crippen molar-refractivity contribution in [2.75, 3.05) is 0 Å². The van der Waals surface area contributed by atoms with Crippen LogP contribution in [0.1, 0.15) is 22.8 Å². The van der Waals surface area contributed by atoms with Gasteiger partial charge in [-0.2, -0.15) is 10.2 Å². The van der Waals surface area contributed by atoms with Crippen LogP contribution in [0.3, 0.4) is 0 Å². The van der Waals surface area contributed by atoms with Crippen LogP contribution >= 0.6 is 28.1 Å². The maximum absolute atomic E-state index is 5.38. The van der Waals surface area contributed by atoms with E-state index in [2.05, 4.69) is 69.3 Å². The van der Waals surface area contributed by atoms with Gasteiger partial charge in [0, 0.05) is 24.3 Å². The van der Waals surface area contributed by atoms with Crippen molar-refractivity contribution in [1.29, 1.82) is 0 Å². The minimum atomic E-state index is 0.610. The normalized spacial score (nSPS) is 11.1. The van der Waals surface area contributed by atoms with Crippen LogP contribution in [0, 0.1) is 25.5 Å². The van der Waals surface area contributed by atoms with E-state index in [1.807, 2.05) is 16.2 Å². The lowest BCUT2D eigenvalue weighted by Crippen LogP contribution is -2.09. The molecule has 0 atom stereocenters. The lowest BCUT2D eigenvalue weighted by Gasteiger charge is -2.08. The Bertz CT molecular complexity index is 888. The molecule has 0 aliphatic heterocycles. The highest BCUT2D eigenvalue weighted by atomic mass is 79.9. The van der Waals surface area contributed by atoms with E-state index in [0.717, 1.165) is 40.3 Å². The Labute approximate surface area is 148 Å². The van der Waals surface area contributed by atoms with Crippen LogP contribution in [0.5, 0.6) is 0 Å². The predicted octanol–water partition coefficient (Wildman–Crippen LogP) is 4.06. The maximum atomic E-state index is 5.38. The zero-order chi connectivity index (χ0) is 16.6. The Morgan fingerprint density at radius 3 is 2.48 bits per heavy atom. The first-order valence-corrected chi connectivity index (χ1v) is 8.60. The summed E-state index contributed by atoms with van der Waals surface area (Å²) in [5.74, 6) is 0.905. The summed E-state index contributed by atoms with van der Waals surface area (Å²) in [5, 5.41) is 11.8. The third-order valence-corrected chi connectivity index (χ3v) is 5.30. The molecule has 1 aromatic carbocycles. The number of hydrogen-bond donors (Lipinski definition) is 1. The number of nitrogens with zero attached hydrogens (tertiary/aromatic N) is 4. The molecule has 0 unspecified atom stereocenters. The number of H-pyrrole nitrogens is 1. The predicted molar refractivity (Wildman–Crippen MR) is 96.6 cm³/mol. The minimum absolute atomic E-state index is 0.610. The Morgan fingerprint density at radius 1 is 1.17 bits per heavy atom. The third-order valence-electron chi connectivity index (χ3n) is 3.87. The van der Waals surface area contributed by atoms with Crippen LogP contribution in [0.2, 0.25) is 0 Å². The lowest BCUT2D eigenvalue weighted by atomic mass is 10.2. The van der Waals surface area contributed by atoms with Crippen molar-refractivity contribution in [3.05, 3.63) is 56.3 Å². The van der Waals surface area contributed by atoms with E-state index in [4.69, 9.17) is 12.2 Å². The topological polar surface area (TPSA) is 51.4 Å². The second kappa shape index (κ2) is 6.41. The largest absolute Gasteiger partial charge is 0.272 e. The zero-order valence-electron chi connectivity index (χ0n) is 13.3. The summed E-state index contributed by atoms with van der Waals surface area (Å²) in [7, 11) is 0. The molecular weight excluding hydrogens is 374 g/mol. The number of aromatic amines is 1. The first-order valence-electron chi connectivity index (χ1n) is 7.40. The van der Waals surface area contributed by atoms with Gasteiger partial charge in [0.2, 0.25) is 0 Å². The van der Waals surface area contributed by atoms with E-state index in [1.54, 1.807) is 0 Å². The number of aryl methyl sites for hydroxylation is 4. The van der Waals surface area contributed by atoms with Gasteiger partial charge in [0.15, 0.2) is 4.77 Å². The summed E-state index contributed by atoms with van der Waals surface area (Å²) in [6.45, 7) is 6.88. The van der Waals surface area contributed by atoms with Gasteiger partial charge in [-0.15, -0.1) is 0 Å². The van der Waals surface area contributed by atoms with Crippen LogP contribution in [-0.2, 0) is 13.0 Å². The summed E-state index contributed by atoms with van der Waals surface area (Å²) < 4.78 is 5.65. The molecule has 2 heterocycles. The Kier molecular flexibility index (Phi) is 4.50. The molecule has 0 spiro atoms. The number of hydrogen-bond acceptors (Lipinski definition) is 3. The fourth-order valence-electron chi connectivity index (χ4n) is 2.56. The van der Waals surface area contributed by atoms with Gasteiger partial charge in [-0.25, -0.2) is 0 Å². The van der Waals surface area contributed by atoms with Crippen molar-refractivity contribution < 1.29 is 0 Å². The Hall–Kier alpha value is -1.73. The first-order chi connectivity index (χ1) is 11.0. The van der Waals surface area contributed by atoms with Gasteiger partial charge in [0.25, 0.3) is 0 Å². The molecule has 23 heavy (non-hydrogen) atoms. The van der Waals surface area contributed by atoms with Gasteiger partial charge >= 0.3 is 0 Å². The van der Waals surface area contributed by atoms with Crippen LogP contribution in [0.15, 0.2) is 28.7 Å².